The van der Waals surface area contributed by atoms with Crippen LogP contribution < -0.4 is 0 Å². The number of carbonyl (C=O) groups is 2. The Morgan fingerprint density at radius 3 is 2.20 bits per heavy atom. The molecule has 0 heterocycles. The first-order valence-corrected chi connectivity index (χ1v) is 9.87. The number of hydroxylamine groups is 2. The summed E-state index contributed by atoms with van der Waals surface area (Å²) in [7, 11) is 0. The molecule has 0 spiro atoms. The van der Waals surface area contributed by atoms with Gasteiger partial charge in [-0.15, -0.1) is 0 Å². The van der Waals surface area contributed by atoms with E-state index in [4.69, 9.17) is 9.94 Å². The smallest absolute Gasteiger partial charge is 0.335 e. The quantitative estimate of drug-likeness (QED) is 0.537. The van der Waals surface area contributed by atoms with E-state index < -0.39 is 5.97 Å². The summed E-state index contributed by atoms with van der Waals surface area (Å²) < 4.78 is 0. The summed E-state index contributed by atoms with van der Waals surface area (Å²) in [6.45, 7) is 2.79. The van der Waals surface area contributed by atoms with E-state index in [9.17, 15) is 9.59 Å². The van der Waals surface area contributed by atoms with E-state index in [2.05, 4.69) is 19.1 Å². The van der Waals surface area contributed by atoms with Gasteiger partial charge in [0.2, 0.25) is 0 Å². The first-order chi connectivity index (χ1) is 14.5. The number of nitrogens with zero attached hydrogens (tertiary/aromatic N) is 1. The van der Waals surface area contributed by atoms with Crippen molar-refractivity contribution >= 4 is 11.9 Å². The van der Waals surface area contributed by atoms with Crippen molar-refractivity contribution in [2.24, 2.45) is 0 Å². The Hall–Kier alpha value is -3.44. The van der Waals surface area contributed by atoms with Crippen molar-refractivity contribution in [1.82, 2.24) is 5.06 Å². The molecule has 3 aromatic rings. The van der Waals surface area contributed by atoms with Crippen LogP contribution in [0.1, 0.15) is 32.6 Å². The van der Waals surface area contributed by atoms with Crippen LogP contribution in [0.2, 0.25) is 0 Å². The van der Waals surface area contributed by atoms with Crippen LogP contribution in [0.4, 0.5) is 0 Å². The maximum Gasteiger partial charge on any atom is 0.335 e. The maximum absolute atomic E-state index is 12.9. The lowest BCUT2D eigenvalue weighted by Crippen LogP contribution is -2.34. The highest BCUT2D eigenvalue weighted by molar-refractivity contribution is 5.87. The minimum absolute atomic E-state index is 0.141. The van der Waals surface area contributed by atoms with Gasteiger partial charge in [0.25, 0.3) is 5.91 Å². The molecule has 0 radical (unpaired) electrons. The van der Waals surface area contributed by atoms with Crippen LogP contribution in [0.3, 0.4) is 0 Å². The van der Waals surface area contributed by atoms with Crippen LogP contribution >= 0.6 is 0 Å². The first kappa shape index (κ1) is 21.3. The van der Waals surface area contributed by atoms with Gasteiger partial charge in [0.15, 0.2) is 0 Å². The summed E-state index contributed by atoms with van der Waals surface area (Å²) in [6, 6.07) is 24.1. The van der Waals surface area contributed by atoms with Gasteiger partial charge >= 0.3 is 5.97 Å². The third-order valence-corrected chi connectivity index (χ3v) is 4.91. The second-order valence-corrected chi connectivity index (χ2v) is 7.11. The summed E-state index contributed by atoms with van der Waals surface area (Å²) in [5, 5.41) is 10.5. The highest BCUT2D eigenvalue weighted by Gasteiger charge is 2.16. The number of aryl methyl sites for hydroxylation is 1. The lowest BCUT2D eigenvalue weighted by Gasteiger charge is -2.22. The minimum atomic E-state index is -0.987. The summed E-state index contributed by atoms with van der Waals surface area (Å²) in [5.41, 5.74) is 4.27. The fourth-order valence-corrected chi connectivity index (χ4v) is 3.13. The Bertz CT molecular complexity index is 984. The van der Waals surface area contributed by atoms with Gasteiger partial charge in [0.05, 0.1) is 18.5 Å². The average Bonchev–Trinajstić information content (AvgIpc) is 2.76. The summed E-state index contributed by atoms with van der Waals surface area (Å²) in [5.74, 6) is -1.15. The first-order valence-electron chi connectivity index (χ1n) is 9.87. The third kappa shape index (κ3) is 6.03. The van der Waals surface area contributed by atoms with Gasteiger partial charge < -0.3 is 5.11 Å². The molecule has 0 saturated heterocycles. The largest absolute Gasteiger partial charge is 0.478 e. The van der Waals surface area contributed by atoms with E-state index in [0.29, 0.717) is 19.6 Å². The number of carboxylic acid groups (broad SMARTS) is 1. The Labute approximate surface area is 176 Å². The summed E-state index contributed by atoms with van der Waals surface area (Å²) in [6.07, 6.45) is 0.827. The Morgan fingerprint density at radius 2 is 1.53 bits per heavy atom. The standard InChI is InChI=1S/C25H25NO4/c1-19-7-5-6-10-22(19)15-16-26(30-18-21-8-3-2-4-9-21)24(27)17-20-11-13-23(14-12-20)25(28)29/h2-14H,15-18H2,1H3,(H,28,29). The van der Waals surface area contributed by atoms with Gasteiger partial charge in [-0.3, -0.25) is 9.63 Å². The molecule has 0 saturated carbocycles. The summed E-state index contributed by atoms with van der Waals surface area (Å²) in [4.78, 5) is 29.8. The van der Waals surface area contributed by atoms with Crippen LogP contribution in [0.5, 0.6) is 0 Å². The van der Waals surface area contributed by atoms with E-state index in [1.54, 1.807) is 12.1 Å². The Balaban J connectivity index is 1.68. The highest BCUT2D eigenvalue weighted by Crippen LogP contribution is 2.12. The predicted molar refractivity (Wildman–Crippen MR) is 115 cm³/mol. The zero-order valence-corrected chi connectivity index (χ0v) is 17.0. The number of hydrogen-bond acceptors (Lipinski definition) is 3. The number of carbonyl (C=O) groups excluding carboxylic acids is 1. The fraction of sp³-hybridized carbons (Fsp3) is 0.200. The fourth-order valence-electron chi connectivity index (χ4n) is 3.13. The van der Waals surface area contributed by atoms with Crippen LogP contribution in [0.25, 0.3) is 0 Å². The van der Waals surface area contributed by atoms with Crippen LogP contribution in [-0.2, 0) is 29.1 Å². The van der Waals surface area contributed by atoms with Gasteiger partial charge in [0, 0.05) is 0 Å². The van der Waals surface area contributed by atoms with Crippen molar-refractivity contribution in [2.75, 3.05) is 6.54 Å². The molecule has 5 heteroatoms. The van der Waals surface area contributed by atoms with Crippen LogP contribution in [0, 0.1) is 6.92 Å². The normalized spacial score (nSPS) is 10.6. The van der Waals surface area contributed by atoms with Gasteiger partial charge in [-0.2, -0.15) is 0 Å². The van der Waals surface area contributed by atoms with Gasteiger partial charge in [-0.1, -0.05) is 66.7 Å². The monoisotopic (exact) mass is 403 g/mol. The molecule has 30 heavy (non-hydrogen) atoms. The number of carboxylic acids is 1. The molecule has 0 aliphatic heterocycles. The zero-order chi connectivity index (χ0) is 21.3. The van der Waals surface area contributed by atoms with E-state index in [0.717, 1.165) is 11.1 Å². The second kappa shape index (κ2) is 10.4. The lowest BCUT2D eigenvalue weighted by atomic mass is 10.1. The van der Waals surface area contributed by atoms with Gasteiger partial charge in [-0.05, 0) is 47.7 Å². The van der Waals surface area contributed by atoms with E-state index >= 15 is 0 Å². The molecule has 0 aliphatic rings. The van der Waals surface area contributed by atoms with Crippen molar-refractivity contribution in [3.8, 4) is 0 Å². The topological polar surface area (TPSA) is 66.8 Å². The van der Waals surface area contributed by atoms with Crippen molar-refractivity contribution < 1.29 is 19.5 Å². The van der Waals surface area contributed by atoms with Gasteiger partial charge in [-0.25, -0.2) is 9.86 Å². The molecule has 3 aromatic carbocycles. The SMILES string of the molecule is Cc1ccccc1CCN(OCc1ccccc1)C(=O)Cc1ccc(C(=O)O)cc1. The third-order valence-electron chi connectivity index (χ3n) is 4.91. The zero-order valence-electron chi connectivity index (χ0n) is 17.0. The number of hydrogen-bond donors (Lipinski definition) is 1. The summed E-state index contributed by atoms with van der Waals surface area (Å²) >= 11 is 0. The average molecular weight is 403 g/mol. The van der Waals surface area contributed by atoms with Gasteiger partial charge in [0.1, 0.15) is 6.61 Å². The number of benzene rings is 3. The molecule has 0 atom stereocenters. The number of rotatable bonds is 9. The predicted octanol–water partition coefficient (Wildman–Crippen LogP) is 4.44. The molecule has 3 rings (SSSR count). The highest BCUT2D eigenvalue weighted by atomic mass is 16.7. The Kier molecular flexibility index (Phi) is 7.35. The molecule has 154 valence electrons. The van der Waals surface area contributed by atoms with Crippen molar-refractivity contribution in [3.05, 3.63) is 107 Å². The molecule has 1 amide bonds. The molecule has 0 bridgehead atoms. The molecule has 0 fully saturated rings. The number of aromatic carboxylic acids is 1. The van der Waals surface area contributed by atoms with Crippen molar-refractivity contribution in [2.45, 2.75) is 26.4 Å². The molecular formula is C25H25NO4. The van der Waals surface area contributed by atoms with E-state index in [1.165, 1.54) is 28.3 Å². The van der Waals surface area contributed by atoms with Crippen molar-refractivity contribution in [3.63, 3.8) is 0 Å². The molecule has 0 aliphatic carbocycles. The second-order valence-electron chi connectivity index (χ2n) is 7.11. The maximum atomic E-state index is 12.9. The molecule has 0 unspecified atom stereocenters. The molecular weight excluding hydrogens is 378 g/mol. The molecule has 5 nitrogen and oxygen atoms in total. The van der Waals surface area contributed by atoms with E-state index in [-0.39, 0.29) is 17.9 Å². The van der Waals surface area contributed by atoms with Crippen molar-refractivity contribution in [1.29, 1.82) is 0 Å². The number of amides is 1. The Morgan fingerprint density at radius 1 is 0.867 bits per heavy atom. The van der Waals surface area contributed by atoms with E-state index in [1.807, 2.05) is 42.5 Å². The lowest BCUT2D eigenvalue weighted by molar-refractivity contribution is -0.190. The van der Waals surface area contributed by atoms with Crippen LogP contribution in [0.15, 0.2) is 78.9 Å². The molecule has 1 N–H and O–H groups in total. The minimum Gasteiger partial charge on any atom is -0.478 e. The molecule has 0 aromatic heterocycles. The van der Waals surface area contributed by atoms with Crippen LogP contribution in [-0.4, -0.2) is 28.6 Å².